The standard InChI is InChI=1S/C10H11NO6S2/c1-19(16,17)5-4-18-9-3-2-7(11(14)15)6-8(9)10(12)13/h2-3,6H,4-5H2,1H3,(H,12,13). The summed E-state index contributed by atoms with van der Waals surface area (Å²) < 4.78 is 21.9. The highest BCUT2D eigenvalue weighted by Gasteiger charge is 2.16. The third-order valence-corrected chi connectivity index (χ3v) is 4.40. The van der Waals surface area contributed by atoms with Gasteiger partial charge in [0.25, 0.3) is 5.69 Å². The molecule has 0 aliphatic rings. The van der Waals surface area contributed by atoms with E-state index in [0.717, 1.165) is 24.1 Å². The first-order chi connectivity index (χ1) is 8.70. The molecule has 0 spiro atoms. The molecule has 7 nitrogen and oxygen atoms in total. The Kier molecular flexibility index (Phi) is 4.90. The van der Waals surface area contributed by atoms with Crippen LogP contribution in [0.4, 0.5) is 5.69 Å². The van der Waals surface area contributed by atoms with E-state index in [2.05, 4.69) is 0 Å². The summed E-state index contributed by atoms with van der Waals surface area (Å²) in [4.78, 5) is 21.2. The zero-order chi connectivity index (χ0) is 14.6. The van der Waals surface area contributed by atoms with Crippen molar-refractivity contribution in [1.82, 2.24) is 0 Å². The lowest BCUT2D eigenvalue weighted by Gasteiger charge is -2.05. The molecule has 1 N–H and O–H groups in total. The van der Waals surface area contributed by atoms with Crippen LogP contribution in [0.3, 0.4) is 0 Å². The monoisotopic (exact) mass is 305 g/mol. The average molecular weight is 305 g/mol. The summed E-state index contributed by atoms with van der Waals surface area (Å²) in [5.74, 6) is -1.18. The Morgan fingerprint density at radius 2 is 2.11 bits per heavy atom. The zero-order valence-electron chi connectivity index (χ0n) is 9.90. The molecule has 1 aromatic rings. The summed E-state index contributed by atoms with van der Waals surface area (Å²) in [6.45, 7) is 0. The second-order valence-corrected chi connectivity index (χ2v) is 7.12. The van der Waals surface area contributed by atoms with Crippen LogP contribution in [0.5, 0.6) is 0 Å². The van der Waals surface area contributed by atoms with Crippen molar-refractivity contribution >= 4 is 33.3 Å². The SMILES string of the molecule is CS(=O)(=O)CCSc1ccc([N+](=O)[O-])cc1C(=O)O. The zero-order valence-corrected chi connectivity index (χ0v) is 11.5. The van der Waals surface area contributed by atoms with E-state index in [1.807, 2.05) is 0 Å². The third-order valence-electron chi connectivity index (χ3n) is 2.12. The number of nitrogens with zero attached hydrogens (tertiary/aromatic N) is 1. The largest absolute Gasteiger partial charge is 0.478 e. The summed E-state index contributed by atoms with van der Waals surface area (Å²) >= 11 is 1.04. The van der Waals surface area contributed by atoms with Gasteiger partial charge in [-0.05, 0) is 6.07 Å². The maximum absolute atomic E-state index is 11.0. The number of benzene rings is 1. The lowest BCUT2D eigenvalue weighted by Crippen LogP contribution is -2.06. The van der Waals surface area contributed by atoms with Crippen molar-refractivity contribution in [3.05, 3.63) is 33.9 Å². The van der Waals surface area contributed by atoms with E-state index in [1.165, 1.54) is 12.1 Å². The highest BCUT2D eigenvalue weighted by molar-refractivity contribution is 8.00. The highest BCUT2D eigenvalue weighted by Crippen LogP contribution is 2.26. The van der Waals surface area contributed by atoms with Crippen LogP contribution in [0.1, 0.15) is 10.4 Å². The molecule has 0 aliphatic heterocycles. The number of nitro benzene ring substituents is 1. The van der Waals surface area contributed by atoms with Crippen LogP contribution in [-0.2, 0) is 9.84 Å². The molecule has 0 saturated carbocycles. The second kappa shape index (κ2) is 6.02. The summed E-state index contributed by atoms with van der Waals surface area (Å²) in [7, 11) is -3.13. The minimum Gasteiger partial charge on any atom is -0.478 e. The highest BCUT2D eigenvalue weighted by atomic mass is 32.2. The molecule has 0 aromatic heterocycles. The molecular weight excluding hydrogens is 294 g/mol. The Hall–Kier alpha value is -1.61. The quantitative estimate of drug-likeness (QED) is 0.480. The molecular formula is C10H11NO6S2. The first-order valence-electron chi connectivity index (χ1n) is 5.03. The number of rotatable bonds is 6. The van der Waals surface area contributed by atoms with Gasteiger partial charge in [-0.25, -0.2) is 13.2 Å². The van der Waals surface area contributed by atoms with E-state index in [-0.39, 0.29) is 22.8 Å². The van der Waals surface area contributed by atoms with Crippen LogP contribution in [0, 0.1) is 10.1 Å². The van der Waals surface area contributed by atoms with E-state index in [0.29, 0.717) is 4.90 Å². The summed E-state index contributed by atoms with van der Waals surface area (Å²) in [5.41, 5.74) is -0.516. The topological polar surface area (TPSA) is 115 Å². The van der Waals surface area contributed by atoms with Crippen molar-refractivity contribution in [2.45, 2.75) is 4.90 Å². The van der Waals surface area contributed by atoms with Gasteiger partial charge in [-0.15, -0.1) is 11.8 Å². The summed E-state index contributed by atoms with van der Waals surface area (Å²) in [6.07, 6.45) is 1.08. The van der Waals surface area contributed by atoms with Crippen LogP contribution < -0.4 is 0 Å². The molecule has 104 valence electrons. The smallest absolute Gasteiger partial charge is 0.337 e. The van der Waals surface area contributed by atoms with Crippen LogP contribution in [0.2, 0.25) is 0 Å². The lowest BCUT2D eigenvalue weighted by atomic mass is 10.2. The fourth-order valence-electron chi connectivity index (χ4n) is 1.23. The van der Waals surface area contributed by atoms with E-state index >= 15 is 0 Å². The molecule has 0 bridgehead atoms. The minimum absolute atomic E-state index is 0.0896. The van der Waals surface area contributed by atoms with Gasteiger partial charge in [-0.2, -0.15) is 0 Å². The van der Waals surface area contributed by atoms with Crippen molar-refractivity contribution in [1.29, 1.82) is 0 Å². The van der Waals surface area contributed by atoms with Gasteiger partial charge in [0.1, 0.15) is 9.84 Å². The molecule has 0 aliphatic carbocycles. The van der Waals surface area contributed by atoms with Gasteiger partial charge in [0.2, 0.25) is 0 Å². The summed E-state index contributed by atoms with van der Waals surface area (Å²) in [5, 5.41) is 19.5. The maximum atomic E-state index is 11.0. The van der Waals surface area contributed by atoms with Crippen molar-refractivity contribution in [3.8, 4) is 0 Å². The molecule has 0 heterocycles. The fourth-order valence-corrected chi connectivity index (χ4v) is 3.46. The number of hydrogen-bond donors (Lipinski definition) is 1. The molecule has 0 unspecified atom stereocenters. The van der Waals surface area contributed by atoms with Gasteiger partial charge in [0.15, 0.2) is 0 Å². The molecule has 1 rings (SSSR count). The number of hydrogen-bond acceptors (Lipinski definition) is 6. The number of thioether (sulfide) groups is 1. The predicted molar refractivity (Wildman–Crippen MR) is 70.5 cm³/mol. The second-order valence-electron chi connectivity index (χ2n) is 3.72. The van der Waals surface area contributed by atoms with Crippen LogP contribution in [-0.4, -0.2) is 42.2 Å². The van der Waals surface area contributed by atoms with Crippen LogP contribution in [0.25, 0.3) is 0 Å². The van der Waals surface area contributed by atoms with E-state index < -0.39 is 20.7 Å². The van der Waals surface area contributed by atoms with Crippen molar-refractivity contribution in [2.75, 3.05) is 17.8 Å². The number of carbonyl (C=O) groups is 1. The van der Waals surface area contributed by atoms with Crippen molar-refractivity contribution in [2.24, 2.45) is 0 Å². The first-order valence-corrected chi connectivity index (χ1v) is 8.07. The van der Waals surface area contributed by atoms with Gasteiger partial charge in [-0.3, -0.25) is 10.1 Å². The Morgan fingerprint density at radius 1 is 1.47 bits per heavy atom. The Morgan fingerprint density at radius 3 is 2.58 bits per heavy atom. The van der Waals surface area contributed by atoms with Crippen LogP contribution >= 0.6 is 11.8 Å². The Labute approximate surface area is 113 Å². The number of carboxylic acid groups (broad SMARTS) is 1. The van der Waals surface area contributed by atoms with Crippen LogP contribution in [0.15, 0.2) is 23.1 Å². The molecule has 9 heteroatoms. The minimum atomic E-state index is -3.13. The van der Waals surface area contributed by atoms with E-state index in [9.17, 15) is 23.3 Å². The molecule has 0 radical (unpaired) electrons. The number of carboxylic acids is 1. The molecule has 0 saturated heterocycles. The number of sulfone groups is 1. The fraction of sp³-hybridized carbons (Fsp3) is 0.300. The summed E-state index contributed by atoms with van der Waals surface area (Å²) in [6, 6.07) is 3.47. The van der Waals surface area contributed by atoms with Gasteiger partial charge < -0.3 is 5.11 Å². The normalized spacial score (nSPS) is 11.2. The molecule has 19 heavy (non-hydrogen) atoms. The lowest BCUT2D eigenvalue weighted by molar-refractivity contribution is -0.384. The van der Waals surface area contributed by atoms with E-state index in [4.69, 9.17) is 5.11 Å². The third kappa shape index (κ3) is 4.87. The van der Waals surface area contributed by atoms with Gasteiger partial charge >= 0.3 is 5.97 Å². The number of aromatic carboxylic acids is 1. The molecule has 0 atom stereocenters. The number of nitro groups is 1. The average Bonchev–Trinajstić information content (AvgIpc) is 2.27. The van der Waals surface area contributed by atoms with Gasteiger partial charge in [0.05, 0.1) is 16.2 Å². The van der Waals surface area contributed by atoms with Crippen molar-refractivity contribution < 1.29 is 23.2 Å². The molecule has 0 amide bonds. The Balaban J connectivity index is 2.94. The van der Waals surface area contributed by atoms with Gasteiger partial charge in [0, 0.05) is 29.0 Å². The number of non-ortho nitro benzene ring substituents is 1. The predicted octanol–water partition coefficient (Wildman–Crippen LogP) is 1.43. The van der Waals surface area contributed by atoms with E-state index in [1.54, 1.807) is 0 Å². The first kappa shape index (κ1) is 15.4. The van der Waals surface area contributed by atoms with Crippen molar-refractivity contribution in [3.63, 3.8) is 0 Å². The maximum Gasteiger partial charge on any atom is 0.337 e. The Bertz CT molecular complexity index is 610. The molecule has 1 aromatic carbocycles. The molecule has 0 fully saturated rings. The van der Waals surface area contributed by atoms with Gasteiger partial charge in [-0.1, -0.05) is 0 Å².